The van der Waals surface area contributed by atoms with E-state index in [1.165, 1.54) is 6.33 Å². The molecule has 2 saturated heterocycles. The number of halogens is 1. The van der Waals surface area contributed by atoms with Crippen molar-refractivity contribution in [2.75, 3.05) is 0 Å². The van der Waals surface area contributed by atoms with E-state index in [9.17, 15) is 4.79 Å². The maximum absolute atomic E-state index is 12.7. The molecule has 0 aliphatic carbocycles. The number of nitrogens with zero attached hydrogens (tertiary/aromatic N) is 4. The van der Waals surface area contributed by atoms with Crippen LogP contribution in [-0.4, -0.2) is 43.6 Å². The predicted octanol–water partition coefficient (Wildman–Crippen LogP) is 4.45. The summed E-state index contributed by atoms with van der Waals surface area (Å²) < 4.78 is 5.63. The van der Waals surface area contributed by atoms with Crippen molar-refractivity contribution < 1.29 is 9.53 Å². The van der Waals surface area contributed by atoms with Crippen LogP contribution >= 0.6 is 11.6 Å². The molecule has 2 aromatic heterocycles. The average molecular weight is 387 g/mol. The first-order valence-corrected chi connectivity index (χ1v) is 9.63. The molecule has 7 heteroatoms. The van der Waals surface area contributed by atoms with Gasteiger partial charge in [0.15, 0.2) is 0 Å². The van der Waals surface area contributed by atoms with Gasteiger partial charge in [0.1, 0.15) is 17.1 Å². The molecule has 0 radical (unpaired) electrons. The van der Waals surface area contributed by atoms with Crippen molar-refractivity contribution in [2.45, 2.75) is 63.6 Å². The first kappa shape index (κ1) is 18.2. The van der Waals surface area contributed by atoms with Gasteiger partial charge in [-0.2, -0.15) is 0 Å². The number of carbonyl (C=O) groups is 1. The number of pyridine rings is 1. The summed E-state index contributed by atoms with van der Waals surface area (Å²) in [5.41, 5.74) is 2.26. The summed E-state index contributed by atoms with van der Waals surface area (Å²) in [6.45, 7) is 5.70. The van der Waals surface area contributed by atoms with Crippen LogP contribution in [0.3, 0.4) is 0 Å². The highest BCUT2D eigenvalue weighted by atomic mass is 35.5. The minimum atomic E-state index is -0.489. The van der Waals surface area contributed by atoms with Gasteiger partial charge in [0.2, 0.25) is 0 Å². The van der Waals surface area contributed by atoms with Gasteiger partial charge in [-0.25, -0.2) is 19.7 Å². The van der Waals surface area contributed by atoms with Crippen molar-refractivity contribution in [1.82, 2.24) is 19.9 Å². The van der Waals surface area contributed by atoms with E-state index in [-0.39, 0.29) is 24.1 Å². The lowest BCUT2D eigenvalue weighted by Crippen LogP contribution is -2.40. The SMILES string of the molecule is CC(C)(C)OC(=O)N1C2CCC1C(c1cnc(Cl)c(-c3cncnc3)c1)C2. The molecule has 0 saturated carbocycles. The number of ether oxygens (including phenoxy) is 1. The fourth-order valence-corrected chi connectivity index (χ4v) is 4.47. The molecular formula is C20H23ClN4O2. The highest BCUT2D eigenvalue weighted by molar-refractivity contribution is 6.32. The Labute approximate surface area is 163 Å². The molecule has 2 fully saturated rings. The summed E-state index contributed by atoms with van der Waals surface area (Å²) in [6, 6.07) is 2.44. The van der Waals surface area contributed by atoms with Gasteiger partial charge in [-0.05, 0) is 51.7 Å². The lowest BCUT2D eigenvalue weighted by Gasteiger charge is -2.28. The largest absolute Gasteiger partial charge is 0.444 e. The van der Waals surface area contributed by atoms with Gasteiger partial charge in [0, 0.05) is 47.7 Å². The first-order chi connectivity index (χ1) is 12.8. The fourth-order valence-electron chi connectivity index (χ4n) is 4.25. The molecule has 4 rings (SSSR count). The first-order valence-electron chi connectivity index (χ1n) is 9.25. The van der Waals surface area contributed by atoms with Gasteiger partial charge in [-0.3, -0.25) is 0 Å². The summed E-state index contributed by atoms with van der Waals surface area (Å²) in [6.07, 6.45) is 9.51. The van der Waals surface area contributed by atoms with Crippen LogP contribution in [0.2, 0.25) is 5.15 Å². The number of hydrogen-bond donors (Lipinski definition) is 0. The smallest absolute Gasteiger partial charge is 0.410 e. The normalized spacial score (nSPS) is 24.3. The van der Waals surface area contributed by atoms with Crippen molar-refractivity contribution in [3.63, 3.8) is 0 Å². The molecule has 6 nitrogen and oxygen atoms in total. The second kappa shape index (κ2) is 6.75. The molecule has 2 aromatic rings. The van der Waals surface area contributed by atoms with Crippen molar-refractivity contribution in [2.24, 2.45) is 0 Å². The Bertz CT molecular complexity index is 853. The summed E-state index contributed by atoms with van der Waals surface area (Å²) in [4.78, 5) is 27.2. The van der Waals surface area contributed by atoms with E-state index in [1.807, 2.05) is 31.9 Å². The number of hydrogen-bond acceptors (Lipinski definition) is 5. The lowest BCUT2D eigenvalue weighted by molar-refractivity contribution is 0.0213. The third-order valence-corrected chi connectivity index (χ3v) is 5.60. The van der Waals surface area contributed by atoms with Crippen molar-refractivity contribution >= 4 is 17.7 Å². The number of amides is 1. The second-order valence-corrected chi connectivity index (χ2v) is 8.62. The molecule has 0 N–H and O–H groups in total. The van der Waals surface area contributed by atoms with Crippen LogP contribution in [0.4, 0.5) is 4.79 Å². The molecule has 2 aliphatic rings. The zero-order valence-corrected chi connectivity index (χ0v) is 16.5. The summed E-state index contributed by atoms with van der Waals surface area (Å²) in [7, 11) is 0. The minimum Gasteiger partial charge on any atom is -0.444 e. The molecule has 0 aromatic carbocycles. The Morgan fingerprint density at radius 2 is 1.96 bits per heavy atom. The molecule has 4 heterocycles. The summed E-state index contributed by atoms with van der Waals surface area (Å²) in [5, 5.41) is 0.431. The highest BCUT2D eigenvalue weighted by Gasteiger charge is 2.50. The standard InChI is InChI=1S/C20H23ClN4O2/c1-20(2,3)27-19(26)25-14-4-5-17(25)15(7-14)12-6-16(18(21)24-10-12)13-8-22-11-23-9-13/h6,8-11,14-15,17H,4-5,7H2,1-3H3. The molecule has 3 unspecified atom stereocenters. The van der Waals surface area contributed by atoms with Crippen molar-refractivity contribution in [3.05, 3.63) is 41.7 Å². The molecule has 3 atom stereocenters. The maximum Gasteiger partial charge on any atom is 0.410 e. The van der Waals surface area contributed by atoms with Gasteiger partial charge in [-0.1, -0.05) is 11.6 Å². The van der Waals surface area contributed by atoms with E-state index in [2.05, 4.69) is 21.0 Å². The zero-order valence-electron chi connectivity index (χ0n) is 15.7. The molecule has 27 heavy (non-hydrogen) atoms. The monoisotopic (exact) mass is 386 g/mol. The van der Waals surface area contributed by atoms with Crippen LogP contribution in [0.5, 0.6) is 0 Å². The Kier molecular flexibility index (Phi) is 4.54. The number of fused-ring (bicyclic) bond motifs is 2. The third kappa shape index (κ3) is 3.50. The lowest BCUT2D eigenvalue weighted by atomic mass is 9.84. The Morgan fingerprint density at radius 3 is 2.67 bits per heavy atom. The number of rotatable bonds is 2. The zero-order chi connectivity index (χ0) is 19.2. The van der Waals surface area contributed by atoms with Crippen molar-refractivity contribution in [1.29, 1.82) is 0 Å². The van der Waals surface area contributed by atoms with E-state index in [4.69, 9.17) is 16.3 Å². The highest BCUT2D eigenvalue weighted by Crippen LogP contribution is 2.48. The van der Waals surface area contributed by atoms with Crippen LogP contribution in [0, 0.1) is 0 Å². The molecule has 0 spiro atoms. The van der Waals surface area contributed by atoms with E-state index >= 15 is 0 Å². The van der Waals surface area contributed by atoms with Crippen LogP contribution < -0.4 is 0 Å². The fraction of sp³-hybridized carbons (Fsp3) is 0.500. The second-order valence-electron chi connectivity index (χ2n) is 8.26. The third-order valence-electron chi connectivity index (χ3n) is 5.30. The van der Waals surface area contributed by atoms with Crippen LogP contribution in [0.25, 0.3) is 11.1 Å². The van der Waals surface area contributed by atoms with Gasteiger partial charge in [0.25, 0.3) is 0 Å². The van der Waals surface area contributed by atoms with Gasteiger partial charge in [0.05, 0.1) is 0 Å². The summed E-state index contributed by atoms with van der Waals surface area (Å²) >= 11 is 6.32. The molecular weight excluding hydrogens is 364 g/mol. The predicted molar refractivity (Wildman–Crippen MR) is 103 cm³/mol. The average Bonchev–Trinajstić information content (AvgIpc) is 3.20. The maximum atomic E-state index is 12.7. The minimum absolute atomic E-state index is 0.146. The quantitative estimate of drug-likeness (QED) is 0.713. The number of carbonyl (C=O) groups excluding carboxylic acids is 1. The van der Waals surface area contributed by atoms with E-state index in [0.29, 0.717) is 5.15 Å². The van der Waals surface area contributed by atoms with Gasteiger partial charge < -0.3 is 9.64 Å². The molecule has 142 valence electrons. The van der Waals surface area contributed by atoms with Crippen molar-refractivity contribution in [3.8, 4) is 11.1 Å². The number of aromatic nitrogens is 3. The molecule has 1 amide bonds. The van der Waals surface area contributed by atoms with Crippen LogP contribution in [-0.2, 0) is 4.74 Å². The van der Waals surface area contributed by atoms with Crippen LogP contribution in [0.15, 0.2) is 31.0 Å². The van der Waals surface area contributed by atoms with Gasteiger partial charge >= 0.3 is 6.09 Å². The Hall–Kier alpha value is -2.21. The van der Waals surface area contributed by atoms with Crippen LogP contribution in [0.1, 0.15) is 51.5 Å². The summed E-state index contributed by atoms with van der Waals surface area (Å²) in [5.74, 6) is 0.240. The molecule has 2 aliphatic heterocycles. The van der Waals surface area contributed by atoms with E-state index < -0.39 is 5.60 Å². The Balaban J connectivity index is 1.61. The van der Waals surface area contributed by atoms with E-state index in [0.717, 1.165) is 36.0 Å². The Morgan fingerprint density at radius 1 is 1.22 bits per heavy atom. The molecule has 2 bridgehead atoms. The van der Waals surface area contributed by atoms with Gasteiger partial charge in [-0.15, -0.1) is 0 Å². The van der Waals surface area contributed by atoms with E-state index in [1.54, 1.807) is 12.4 Å². The topological polar surface area (TPSA) is 68.2 Å².